The molecule has 0 aliphatic carbocycles. The molecule has 0 amide bonds. The van der Waals surface area contributed by atoms with E-state index in [1.165, 1.54) is 25.9 Å². The molecule has 2 unspecified atom stereocenters. The minimum Gasteiger partial charge on any atom is -0.497 e. The summed E-state index contributed by atoms with van der Waals surface area (Å²) < 4.78 is 39.1. The molecule has 2 atom stereocenters. The van der Waals surface area contributed by atoms with E-state index in [2.05, 4.69) is 4.90 Å². The number of hydrogen-bond donors (Lipinski definition) is 2. The Balaban J connectivity index is 1.41. The number of methoxy groups -OCH3 is 1. The minimum atomic E-state index is -3.00. The molecule has 164 valence electrons. The van der Waals surface area contributed by atoms with E-state index in [0.29, 0.717) is 23.0 Å². The molecule has 2 N–H and O–H groups in total. The molecule has 1 fully saturated rings. The van der Waals surface area contributed by atoms with Crippen LogP contribution in [0.1, 0.15) is 37.9 Å². The summed E-state index contributed by atoms with van der Waals surface area (Å²) in [4.78, 5) is 2.92. The second-order valence-electron chi connectivity index (χ2n) is 7.97. The first-order valence-corrected chi connectivity index (χ1v) is 12.2. The maximum absolute atomic E-state index is 10.9. The number of benzene rings is 2. The van der Waals surface area contributed by atoms with Gasteiger partial charge in [0.2, 0.25) is 0 Å². The van der Waals surface area contributed by atoms with Gasteiger partial charge in [0.05, 0.1) is 19.0 Å². The highest BCUT2D eigenvalue weighted by Gasteiger charge is 2.40. The van der Waals surface area contributed by atoms with Crippen LogP contribution in [0.4, 0.5) is 0 Å². The summed E-state index contributed by atoms with van der Waals surface area (Å²) in [5, 5.41) is -0.467. The van der Waals surface area contributed by atoms with E-state index in [4.69, 9.17) is 14.2 Å². The first kappa shape index (κ1) is 21.3. The topological polar surface area (TPSA) is 71.4 Å². The molecule has 0 spiro atoms. The second-order valence-corrected chi connectivity index (χ2v) is 10.3. The maximum Gasteiger partial charge on any atom is 0.147 e. The number of fused-ring (bicyclic) bond motifs is 1. The molecule has 0 radical (unpaired) electrons. The molecule has 1 saturated heterocycles. The lowest BCUT2D eigenvalue weighted by Gasteiger charge is -2.47. The van der Waals surface area contributed by atoms with Crippen LogP contribution in [0.5, 0.6) is 17.2 Å². The summed E-state index contributed by atoms with van der Waals surface area (Å²) in [5.41, 5.74) is 0.889. The van der Waals surface area contributed by atoms with Crippen LogP contribution in [0.2, 0.25) is 0 Å². The van der Waals surface area contributed by atoms with Crippen molar-refractivity contribution in [1.29, 1.82) is 0 Å². The fraction of sp³-hybridized carbons (Fsp3) is 0.478. The molecule has 2 aromatic rings. The highest BCUT2D eigenvalue weighted by Crippen LogP contribution is 2.63. The van der Waals surface area contributed by atoms with Gasteiger partial charge in [0.1, 0.15) is 28.2 Å². The molecule has 30 heavy (non-hydrogen) atoms. The number of rotatable bonds is 7. The predicted molar refractivity (Wildman–Crippen MR) is 119 cm³/mol. The molecular formula is C23H31NO5S. The Labute approximate surface area is 180 Å². The first-order valence-electron chi connectivity index (χ1n) is 10.6. The third-order valence-corrected chi connectivity index (χ3v) is 8.24. The van der Waals surface area contributed by atoms with Gasteiger partial charge in [0, 0.05) is 12.6 Å². The Kier molecular flexibility index (Phi) is 6.43. The zero-order valence-electron chi connectivity index (χ0n) is 17.6. The van der Waals surface area contributed by atoms with E-state index < -0.39 is 21.9 Å². The normalized spacial score (nSPS) is 24.0. The summed E-state index contributed by atoms with van der Waals surface area (Å²) in [7, 11) is -1.42. The molecule has 4 rings (SSSR count). The van der Waals surface area contributed by atoms with Crippen LogP contribution in [0.25, 0.3) is 0 Å². The van der Waals surface area contributed by atoms with E-state index >= 15 is 0 Å². The number of nitrogens with zero attached hydrogens (tertiary/aromatic N) is 1. The average molecular weight is 434 g/mol. The molecule has 0 aromatic heterocycles. The van der Waals surface area contributed by atoms with Crippen molar-refractivity contribution in [2.24, 2.45) is 0 Å². The van der Waals surface area contributed by atoms with Gasteiger partial charge in [-0.3, -0.25) is 9.11 Å². The van der Waals surface area contributed by atoms with Gasteiger partial charge < -0.3 is 19.1 Å². The third kappa shape index (κ3) is 4.39. The molecule has 2 aromatic carbocycles. The lowest BCUT2D eigenvalue weighted by Crippen LogP contribution is -2.31. The van der Waals surface area contributed by atoms with Gasteiger partial charge in [-0.25, -0.2) is 0 Å². The molecule has 0 bridgehead atoms. The minimum absolute atomic E-state index is 0.435. The maximum atomic E-state index is 10.9. The molecule has 7 heteroatoms. The van der Waals surface area contributed by atoms with Crippen molar-refractivity contribution in [1.82, 2.24) is 4.90 Å². The molecule has 2 aliphatic heterocycles. The summed E-state index contributed by atoms with van der Waals surface area (Å²) in [5.74, 6) is 1.90. The zero-order chi connectivity index (χ0) is 21.1. The smallest absolute Gasteiger partial charge is 0.147 e. The Morgan fingerprint density at radius 1 is 1.07 bits per heavy atom. The molecule has 0 saturated carbocycles. The van der Waals surface area contributed by atoms with Gasteiger partial charge in [0.25, 0.3) is 0 Å². The van der Waals surface area contributed by atoms with Gasteiger partial charge in [0.15, 0.2) is 0 Å². The number of likely N-dealkylation sites (tertiary alicyclic amines) is 1. The molecule has 2 heterocycles. The molecule has 6 nitrogen and oxygen atoms in total. The van der Waals surface area contributed by atoms with Gasteiger partial charge >= 0.3 is 0 Å². The highest BCUT2D eigenvalue weighted by molar-refractivity contribution is 8.25. The third-order valence-electron chi connectivity index (χ3n) is 5.97. The quantitative estimate of drug-likeness (QED) is 0.586. The first-order chi connectivity index (χ1) is 14.5. The van der Waals surface area contributed by atoms with Crippen LogP contribution in [0, 0.1) is 0 Å². The Bertz CT molecular complexity index is 851. The summed E-state index contributed by atoms with van der Waals surface area (Å²) in [6.45, 7) is 6.02. The summed E-state index contributed by atoms with van der Waals surface area (Å²) in [6, 6.07) is 12.8. The van der Waals surface area contributed by atoms with Crippen LogP contribution in [-0.4, -0.2) is 52.6 Å². The van der Waals surface area contributed by atoms with Crippen molar-refractivity contribution in [3.8, 4) is 17.2 Å². The van der Waals surface area contributed by atoms with Gasteiger partial charge in [-0.05, 0) is 69.1 Å². The van der Waals surface area contributed by atoms with Gasteiger partial charge in [-0.15, -0.1) is 0 Å². The lowest BCUT2D eigenvalue weighted by molar-refractivity contribution is 0.180. The van der Waals surface area contributed by atoms with Crippen LogP contribution < -0.4 is 14.2 Å². The van der Waals surface area contributed by atoms with E-state index in [9.17, 15) is 9.11 Å². The Hall–Kier alpha value is -1.93. The van der Waals surface area contributed by atoms with Crippen LogP contribution in [0.3, 0.4) is 0 Å². The van der Waals surface area contributed by atoms with Crippen molar-refractivity contribution >= 4 is 10.6 Å². The lowest BCUT2D eigenvalue weighted by atomic mass is 10.1. The largest absolute Gasteiger partial charge is 0.497 e. The monoisotopic (exact) mass is 433 g/mol. The predicted octanol–water partition coefficient (Wildman–Crippen LogP) is 5.19. The van der Waals surface area contributed by atoms with E-state index in [1.807, 2.05) is 31.2 Å². The highest BCUT2D eigenvalue weighted by atomic mass is 32.3. The summed E-state index contributed by atoms with van der Waals surface area (Å²) in [6.07, 6.45) is 3.18. The van der Waals surface area contributed by atoms with Crippen LogP contribution in [0.15, 0.2) is 47.4 Å². The van der Waals surface area contributed by atoms with E-state index in [1.54, 1.807) is 25.3 Å². The molecule has 2 aliphatic rings. The van der Waals surface area contributed by atoms with Crippen LogP contribution >= 0.6 is 10.6 Å². The van der Waals surface area contributed by atoms with E-state index in [0.717, 1.165) is 24.3 Å². The van der Waals surface area contributed by atoms with Gasteiger partial charge in [-0.1, -0.05) is 12.1 Å². The Morgan fingerprint density at radius 3 is 2.47 bits per heavy atom. The fourth-order valence-corrected chi connectivity index (χ4v) is 5.77. The summed E-state index contributed by atoms with van der Waals surface area (Å²) >= 11 is 0. The number of ether oxygens (including phenoxy) is 3. The van der Waals surface area contributed by atoms with Crippen molar-refractivity contribution < 1.29 is 23.3 Å². The van der Waals surface area contributed by atoms with Gasteiger partial charge in [-0.2, -0.15) is 10.6 Å². The van der Waals surface area contributed by atoms with Crippen LogP contribution in [-0.2, 0) is 0 Å². The van der Waals surface area contributed by atoms with E-state index in [-0.39, 0.29) is 0 Å². The van der Waals surface area contributed by atoms with Crippen molar-refractivity contribution in [2.75, 3.05) is 33.4 Å². The Morgan fingerprint density at radius 2 is 1.77 bits per heavy atom. The average Bonchev–Trinajstić information content (AvgIpc) is 3.28. The SMILES string of the molecule is COc1ccc2c(c1)OC(c1ccc(OCCCN3CCCC3)cc1)C(C)S2(O)O. The van der Waals surface area contributed by atoms with Crippen molar-refractivity contribution in [3.63, 3.8) is 0 Å². The van der Waals surface area contributed by atoms with Crippen molar-refractivity contribution in [2.45, 2.75) is 42.4 Å². The molecular weight excluding hydrogens is 402 g/mol. The second kappa shape index (κ2) is 9.06. The number of hydrogen-bond acceptors (Lipinski definition) is 6. The standard InChI is InChI=1S/C23H31NO5S/c1-17-23(29-21-16-20(27-2)10-11-22(21)30(17,25)26)18-6-8-19(9-7-18)28-15-5-14-24-12-3-4-13-24/h6-11,16-17,23,25-26H,3-5,12-15H2,1-2H3. The fourth-order valence-electron chi connectivity index (χ4n) is 4.14. The van der Waals surface area contributed by atoms with Crippen molar-refractivity contribution in [3.05, 3.63) is 48.0 Å². The zero-order valence-corrected chi connectivity index (χ0v) is 18.4.